The number of pyridine rings is 1. The zero-order valence-electron chi connectivity index (χ0n) is 11.6. The van der Waals surface area contributed by atoms with Gasteiger partial charge in [-0.2, -0.15) is 0 Å². The Labute approximate surface area is 118 Å². The first-order chi connectivity index (χ1) is 9.65. The van der Waals surface area contributed by atoms with Crippen LogP contribution >= 0.6 is 0 Å². The number of nitrogens with one attached hydrogen (secondary N) is 1. The molecule has 1 aromatic carbocycles. The Morgan fingerprint density at radius 3 is 2.95 bits per heavy atom. The third-order valence-electron chi connectivity index (χ3n) is 4.01. The van der Waals surface area contributed by atoms with Crippen LogP contribution in [0, 0.1) is 11.8 Å². The number of nitrogen functional groups attached to an aromatic ring is 1. The first-order valence-corrected chi connectivity index (χ1v) is 7.08. The molecule has 1 heterocycles. The van der Waals surface area contributed by atoms with E-state index in [1.165, 1.54) is 12.8 Å². The van der Waals surface area contributed by atoms with E-state index < -0.39 is 0 Å². The molecule has 1 atom stereocenters. The third-order valence-corrected chi connectivity index (χ3v) is 4.01. The van der Waals surface area contributed by atoms with Crippen LogP contribution in [0.15, 0.2) is 30.3 Å². The van der Waals surface area contributed by atoms with E-state index in [0.717, 1.165) is 16.7 Å². The van der Waals surface area contributed by atoms with Crippen molar-refractivity contribution in [3.8, 4) is 0 Å². The van der Waals surface area contributed by atoms with E-state index in [1.54, 1.807) is 6.07 Å². The summed E-state index contributed by atoms with van der Waals surface area (Å²) in [6.45, 7) is 2.89. The van der Waals surface area contributed by atoms with Crippen molar-refractivity contribution < 1.29 is 4.79 Å². The molecule has 104 valence electrons. The van der Waals surface area contributed by atoms with Crippen molar-refractivity contribution >= 4 is 22.5 Å². The minimum absolute atomic E-state index is 0.144. The van der Waals surface area contributed by atoms with E-state index in [1.807, 2.05) is 24.3 Å². The third kappa shape index (κ3) is 2.59. The highest BCUT2D eigenvalue weighted by Gasteiger charge is 2.28. The average Bonchev–Trinajstić information content (AvgIpc) is 3.29. The predicted octanol–water partition coefficient (Wildman–Crippen LogP) is 2.59. The SMILES string of the molecule is CC(CNC(=O)c1cc2ccccc2c(N)n1)C1CC1. The monoisotopic (exact) mass is 269 g/mol. The Morgan fingerprint density at radius 1 is 1.45 bits per heavy atom. The average molecular weight is 269 g/mol. The number of anilines is 1. The molecule has 4 heteroatoms. The molecule has 0 bridgehead atoms. The molecule has 20 heavy (non-hydrogen) atoms. The number of carbonyl (C=O) groups excluding carboxylic acids is 1. The van der Waals surface area contributed by atoms with Crippen molar-refractivity contribution in [2.75, 3.05) is 12.3 Å². The van der Waals surface area contributed by atoms with Gasteiger partial charge in [-0.1, -0.05) is 31.2 Å². The van der Waals surface area contributed by atoms with Gasteiger partial charge in [0, 0.05) is 11.9 Å². The summed E-state index contributed by atoms with van der Waals surface area (Å²) in [4.78, 5) is 16.4. The van der Waals surface area contributed by atoms with Crippen LogP contribution in [-0.4, -0.2) is 17.4 Å². The summed E-state index contributed by atoms with van der Waals surface area (Å²) in [5.41, 5.74) is 6.31. The summed E-state index contributed by atoms with van der Waals surface area (Å²) in [6, 6.07) is 9.49. The highest BCUT2D eigenvalue weighted by Crippen LogP contribution is 2.36. The zero-order chi connectivity index (χ0) is 14.1. The summed E-state index contributed by atoms with van der Waals surface area (Å²) in [5.74, 6) is 1.58. The van der Waals surface area contributed by atoms with Gasteiger partial charge in [-0.25, -0.2) is 4.98 Å². The maximum Gasteiger partial charge on any atom is 0.270 e. The molecule has 3 rings (SSSR count). The van der Waals surface area contributed by atoms with Crippen molar-refractivity contribution in [1.82, 2.24) is 10.3 Å². The quantitative estimate of drug-likeness (QED) is 0.896. The molecule has 1 aliphatic carbocycles. The molecular weight excluding hydrogens is 250 g/mol. The highest BCUT2D eigenvalue weighted by atomic mass is 16.1. The number of fused-ring (bicyclic) bond motifs is 1. The molecule has 4 nitrogen and oxygen atoms in total. The van der Waals surface area contributed by atoms with Crippen LogP contribution in [0.25, 0.3) is 10.8 Å². The number of aromatic nitrogens is 1. The summed E-state index contributed by atoms with van der Waals surface area (Å²) in [6.07, 6.45) is 2.58. The Morgan fingerprint density at radius 2 is 2.20 bits per heavy atom. The van der Waals surface area contributed by atoms with Crippen molar-refractivity contribution in [2.45, 2.75) is 19.8 Å². The molecule has 1 saturated carbocycles. The maximum atomic E-state index is 12.2. The fourth-order valence-corrected chi connectivity index (χ4v) is 2.52. The maximum absolute atomic E-state index is 12.2. The van der Waals surface area contributed by atoms with E-state index in [0.29, 0.717) is 24.0 Å². The summed E-state index contributed by atoms with van der Waals surface area (Å²) < 4.78 is 0. The van der Waals surface area contributed by atoms with Gasteiger partial charge in [0.05, 0.1) is 0 Å². The molecule has 0 aliphatic heterocycles. The van der Waals surface area contributed by atoms with Gasteiger partial charge < -0.3 is 11.1 Å². The van der Waals surface area contributed by atoms with E-state index >= 15 is 0 Å². The van der Waals surface area contributed by atoms with Gasteiger partial charge in [0.25, 0.3) is 5.91 Å². The smallest absolute Gasteiger partial charge is 0.270 e. The molecule has 0 spiro atoms. The Kier molecular flexibility index (Phi) is 3.30. The van der Waals surface area contributed by atoms with Crippen molar-refractivity contribution in [3.05, 3.63) is 36.0 Å². The minimum Gasteiger partial charge on any atom is -0.383 e. The number of carbonyl (C=O) groups is 1. The number of amides is 1. The molecule has 1 fully saturated rings. The number of nitrogens with two attached hydrogens (primary N) is 1. The minimum atomic E-state index is -0.144. The number of nitrogens with zero attached hydrogens (tertiary/aromatic N) is 1. The molecule has 1 aliphatic rings. The molecule has 1 unspecified atom stereocenters. The highest BCUT2D eigenvalue weighted by molar-refractivity contribution is 5.99. The van der Waals surface area contributed by atoms with E-state index in [9.17, 15) is 4.79 Å². The molecule has 1 amide bonds. The fraction of sp³-hybridized carbons (Fsp3) is 0.375. The van der Waals surface area contributed by atoms with Gasteiger partial charge in [-0.05, 0) is 36.1 Å². The van der Waals surface area contributed by atoms with Crippen LogP contribution in [0.4, 0.5) is 5.82 Å². The van der Waals surface area contributed by atoms with Gasteiger partial charge in [0.2, 0.25) is 0 Å². The van der Waals surface area contributed by atoms with Crippen molar-refractivity contribution in [3.63, 3.8) is 0 Å². The van der Waals surface area contributed by atoms with Crippen LogP contribution in [0.2, 0.25) is 0 Å². The topological polar surface area (TPSA) is 68.0 Å². The standard InChI is InChI=1S/C16H19N3O/c1-10(11-6-7-11)9-18-16(20)14-8-12-4-2-3-5-13(12)15(17)19-14/h2-5,8,10-11H,6-7,9H2,1H3,(H2,17,19)(H,18,20). The van der Waals surface area contributed by atoms with E-state index in [-0.39, 0.29) is 5.91 Å². The van der Waals surface area contributed by atoms with Crippen molar-refractivity contribution in [2.24, 2.45) is 11.8 Å². The Bertz CT molecular complexity index is 649. The number of rotatable bonds is 4. The Balaban J connectivity index is 1.77. The largest absolute Gasteiger partial charge is 0.383 e. The predicted molar refractivity (Wildman–Crippen MR) is 80.4 cm³/mol. The Hall–Kier alpha value is -2.10. The van der Waals surface area contributed by atoms with Gasteiger partial charge in [-0.15, -0.1) is 0 Å². The second kappa shape index (κ2) is 5.12. The lowest BCUT2D eigenvalue weighted by Crippen LogP contribution is -2.29. The summed E-state index contributed by atoms with van der Waals surface area (Å²) in [7, 11) is 0. The molecule has 1 aromatic heterocycles. The summed E-state index contributed by atoms with van der Waals surface area (Å²) >= 11 is 0. The lowest BCUT2D eigenvalue weighted by molar-refractivity contribution is 0.0942. The molecule has 3 N–H and O–H groups in total. The van der Waals surface area contributed by atoms with Crippen LogP contribution < -0.4 is 11.1 Å². The lowest BCUT2D eigenvalue weighted by Gasteiger charge is -2.11. The van der Waals surface area contributed by atoms with Crippen LogP contribution in [0.3, 0.4) is 0 Å². The molecule has 2 aromatic rings. The summed E-state index contributed by atoms with van der Waals surface area (Å²) in [5, 5.41) is 4.78. The first kappa shape index (κ1) is 12.9. The van der Waals surface area contributed by atoms with Crippen LogP contribution in [0.1, 0.15) is 30.3 Å². The van der Waals surface area contributed by atoms with Gasteiger partial charge >= 0.3 is 0 Å². The van der Waals surface area contributed by atoms with Gasteiger partial charge in [-0.3, -0.25) is 4.79 Å². The van der Waals surface area contributed by atoms with Gasteiger partial charge in [0.15, 0.2) is 0 Å². The molecule has 0 saturated heterocycles. The normalized spacial score (nSPS) is 16.1. The second-order valence-corrected chi connectivity index (χ2v) is 5.64. The van der Waals surface area contributed by atoms with Gasteiger partial charge in [0.1, 0.15) is 11.5 Å². The molecule has 0 radical (unpaired) electrons. The van der Waals surface area contributed by atoms with E-state index in [4.69, 9.17) is 5.73 Å². The number of benzene rings is 1. The number of hydrogen-bond donors (Lipinski definition) is 2. The number of hydrogen-bond acceptors (Lipinski definition) is 3. The lowest BCUT2D eigenvalue weighted by atomic mass is 10.1. The van der Waals surface area contributed by atoms with Crippen LogP contribution in [-0.2, 0) is 0 Å². The van der Waals surface area contributed by atoms with Crippen molar-refractivity contribution in [1.29, 1.82) is 0 Å². The first-order valence-electron chi connectivity index (χ1n) is 7.08. The molecular formula is C16H19N3O. The van der Waals surface area contributed by atoms with E-state index in [2.05, 4.69) is 17.2 Å². The zero-order valence-corrected chi connectivity index (χ0v) is 11.6. The fourth-order valence-electron chi connectivity index (χ4n) is 2.52. The van der Waals surface area contributed by atoms with Crippen LogP contribution in [0.5, 0.6) is 0 Å². The second-order valence-electron chi connectivity index (χ2n) is 5.64.